The Balaban J connectivity index is 1.87. The third-order valence-corrected chi connectivity index (χ3v) is 5.78. The molecule has 0 spiro atoms. The lowest BCUT2D eigenvalue weighted by atomic mass is 9.98. The largest absolute Gasteiger partial charge is 0.507 e. The molecule has 0 saturated carbocycles. The summed E-state index contributed by atoms with van der Waals surface area (Å²) in [5.41, 5.74) is 1.41. The van der Waals surface area contributed by atoms with E-state index in [9.17, 15) is 14.7 Å². The molecule has 4 rings (SSSR count). The number of ether oxygens (including phenoxy) is 2. The Kier molecular flexibility index (Phi) is 6.33. The van der Waals surface area contributed by atoms with Crippen molar-refractivity contribution >= 4 is 29.1 Å². The number of para-hydroxylation sites is 1. The third-order valence-electron chi connectivity index (χ3n) is 5.47. The first-order valence-corrected chi connectivity index (χ1v) is 10.5. The number of pyridine rings is 1. The first kappa shape index (κ1) is 22.4. The highest BCUT2D eigenvalue weighted by atomic mass is 35.5. The Morgan fingerprint density at radius 2 is 1.76 bits per heavy atom. The van der Waals surface area contributed by atoms with Gasteiger partial charge in [-0.25, -0.2) is 0 Å². The van der Waals surface area contributed by atoms with Crippen LogP contribution in [-0.4, -0.2) is 40.9 Å². The quantitative estimate of drug-likeness (QED) is 0.331. The molecule has 2 heterocycles. The van der Waals surface area contributed by atoms with Gasteiger partial charge in [-0.15, -0.1) is 0 Å². The van der Waals surface area contributed by atoms with Gasteiger partial charge in [-0.05, 0) is 36.4 Å². The number of aliphatic hydroxyl groups is 1. The van der Waals surface area contributed by atoms with Crippen LogP contribution in [0.15, 0.2) is 72.4 Å². The Morgan fingerprint density at radius 3 is 2.45 bits per heavy atom. The van der Waals surface area contributed by atoms with Gasteiger partial charge in [-0.1, -0.05) is 35.9 Å². The number of ketones is 1. The van der Waals surface area contributed by atoms with Crippen LogP contribution in [-0.2, 0) is 16.1 Å². The number of nitrogens with zero attached hydrogens (tertiary/aromatic N) is 2. The average Bonchev–Trinajstić information content (AvgIpc) is 3.09. The summed E-state index contributed by atoms with van der Waals surface area (Å²) in [7, 11) is 2.99. The lowest BCUT2D eigenvalue weighted by Crippen LogP contribution is -2.29. The molecule has 1 unspecified atom stereocenters. The number of carbonyl (C=O) groups is 2. The van der Waals surface area contributed by atoms with Crippen LogP contribution in [0.25, 0.3) is 5.76 Å². The number of hydrogen-bond donors (Lipinski definition) is 1. The minimum Gasteiger partial charge on any atom is -0.507 e. The predicted molar refractivity (Wildman–Crippen MR) is 123 cm³/mol. The molecule has 2 aromatic carbocycles. The molecule has 33 heavy (non-hydrogen) atoms. The van der Waals surface area contributed by atoms with Gasteiger partial charge in [0, 0.05) is 17.3 Å². The topological polar surface area (TPSA) is 89.0 Å². The highest BCUT2D eigenvalue weighted by Gasteiger charge is 2.47. The van der Waals surface area contributed by atoms with Gasteiger partial charge in [0.25, 0.3) is 11.7 Å². The number of likely N-dealkylation sites (tertiary alicyclic amines) is 1. The van der Waals surface area contributed by atoms with E-state index in [0.29, 0.717) is 27.8 Å². The van der Waals surface area contributed by atoms with Crippen LogP contribution < -0.4 is 9.47 Å². The standard InChI is InChI=1S/C25H21ClN2O5/c1-32-19-9-4-3-7-16(19)14-28-22(18-8-5-6-12-27-18)21(24(30)25(28)31)23(29)15-10-11-17(26)20(13-15)33-2/h3-13,22,29H,14H2,1-2H3/b23-21-. The summed E-state index contributed by atoms with van der Waals surface area (Å²) in [6.45, 7) is 0.0938. The number of hydrogen-bond acceptors (Lipinski definition) is 6. The zero-order valence-corrected chi connectivity index (χ0v) is 18.7. The summed E-state index contributed by atoms with van der Waals surface area (Å²) in [4.78, 5) is 32.0. The number of aliphatic hydroxyl groups excluding tert-OH is 1. The van der Waals surface area contributed by atoms with Crippen LogP contribution in [0.5, 0.6) is 11.5 Å². The lowest BCUT2D eigenvalue weighted by Gasteiger charge is -2.25. The molecule has 168 valence electrons. The zero-order valence-electron chi connectivity index (χ0n) is 18.0. The van der Waals surface area contributed by atoms with Gasteiger partial charge in [0.05, 0.1) is 37.1 Å². The fourth-order valence-electron chi connectivity index (χ4n) is 3.87. The van der Waals surface area contributed by atoms with E-state index in [1.165, 1.54) is 25.2 Å². The number of rotatable bonds is 6. The SMILES string of the molecule is COc1cc(/C(O)=C2/C(=O)C(=O)N(Cc3ccccc3OC)C2c2ccccn2)ccc1Cl. The van der Waals surface area contributed by atoms with Crippen LogP contribution in [0.2, 0.25) is 5.02 Å². The molecule has 0 radical (unpaired) electrons. The van der Waals surface area contributed by atoms with Crippen molar-refractivity contribution in [1.82, 2.24) is 9.88 Å². The van der Waals surface area contributed by atoms with Crippen molar-refractivity contribution in [2.75, 3.05) is 14.2 Å². The van der Waals surface area contributed by atoms with Crippen molar-refractivity contribution in [2.45, 2.75) is 12.6 Å². The first-order chi connectivity index (χ1) is 16.0. The van der Waals surface area contributed by atoms with E-state index in [4.69, 9.17) is 21.1 Å². The molecule has 7 nitrogen and oxygen atoms in total. The van der Waals surface area contributed by atoms with E-state index in [2.05, 4.69) is 4.98 Å². The monoisotopic (exact) mass is 464 g/mol. The summed E-state index contributed by atoms with van der Waals surface area (Å²) in [6.07, 6.45) is 1.57. The molecule has 1 aromatic heterocycles. The Labute approximate surface area is 195 Å². The molecule has 0 aliphatic carbocycles. The summed E-state index contributed by atoms with van der Waals surface area (Å²) < 4.78 is 10.6. The molecular formula is C25H21ClN2O5. The molecule has 1 fully saturated rings. The minimum atomic E-state index is -0.891. The summed E-state index contributed by atoms with van der Waals surface area (Å²) in [5, 5.41) is 11.5. The van der Waals surface area contributed by atoms with Gasteiger partial charge < -0.3 is 19.5 Å². The second-order valence-electron chi connectivity index (χ2n) is 7.34. The normalized spacial score (nSPS) is 17.3. The number of Topliss-reactive ketones (excluding diaryl/α,β-unsaturated/α-hetero) is 1. The van der Waals surface area contributed by atoms with Gasteiger partial charge in [-0.3, -0.25) is 14.6 Å². The van der Waals surface area contributed by atoms with Crippen molar-refractivity contribution < 1.29 is 24.2 Å². The van der Waals surface area contributed by atoms with Crippen LogP contribution >= 0.6 is 11.6 Å². The van der Waals surface area contributed by atoms with E-state index in [1.807, 2.05) is 18.2 Å². The van der Waals surface area contributed by atoms with Crippen molar-refractivity contribution in [2.24, 2.45) is 0 Å². The van der Waals surface area contributed by atoms with Gasteiger partial charge in [-0.2, -0.15) is 0 Å². The minimum absolute atomic E-state index is 0.0574. The molecule has 1 aliphatic heterocycles. The van der Waals surface area contributed by atoms with Crippen LogP contribution in [0, 0.1) is 0 Å². The fourth-order valence-corrected chi connectivity index (χ4v) is 4.06. The maximum atomic E-state index is 13.2. The second kappa shape index (κ2) is 9.34. The average molecular weight is 465 g/mol. The maximum absolute atomic E-state index is 13.2. The van der Waals surface area contributed by atoms with Gasteiger partial charge in [0.15, 0.2) is 0 Å². The highest BCUT2D eigenvalue weighted by molar-refractivity contribution is 6.46. The molecule has 8 heteroatoms. The molecule has 1 saturated heterocycles. The van der Waals surface area contributed by atoms with E-state index in [0.717, 1.165) is 5.56 Å². The smallest absolute Gasteiger partial charge is 0.296 e. The van der Waals surface area contributed by atoms with Gasteiger partial charge >= 0.3 is 0 Å². The van der Waals surface area contributed by atoms with Gasteiger partial charge in [0.2, 0.25) is 0 Å². The lowest BCUT2D eigenvalue weighted by molar-refractivity contribution is -0.140. The zero-order chi connectivity index (χ0) is 23.5. The second-order valence-corrected chi connectivity index (χ2v) is 7.75. The highest BCUT2D eigenvalue weighted by Crippen LogP contribution is 2.41. The van der Waals surface area contributed by atoms with Crippen molar-refractivity contribution in [3.05, 3.63) is 94.3 Å². The molecule has 1 N–H and O–H groups in total. The number of halogens is 1. The Morgan fingerprint density at radius 1 is 1.03 bits per heavy atom. The van der Waals surface area contributed by atoms with Crippen LogP contribution in [0.1, 0.15) is 22.9 Å². The molecule has 1 aliphatic rings. The molecule has 1 atom stereocenters. The predicted octanol–water partition coefficient (Wildman–Crippen LogP) is 4.37. The Bertz CT molecular complexity index is 1240. The number of methoxy groups -OCH3 is 2. The number of amides is 1. The summed E-state index contributed by atoms with van der Waals surface area (Å²) >= 11 is 6.11. The number of carbonyl (C=O) groups excluding carboxylic acids is 2. The van der Waals surface area contributed by atoms with Gasteiger partial charge in [0.1, 0.15) is 23.3 Å². The van der Waals surface area contributed by atoms with E-state index < -0.39 is 17.7 Å². The molecule has 3 aromatic rings. The van der Waals surface area contributed by atoms with Crippen molar-refractivity contribution in [1.29, 1.82) is 0 Å². The Hall–Kier alpha value is -3.84. The van der Waals surface area contributed by atoms with Crippen LogP contribution in [0.4, 0.5) is 0 Å². The first-order valence-electron chi connectivity index (χ1n) is 10.1. The number of benzene rings is 2. The van der Waals surface area contributed by atoms with Crippen LogP contribution in [0.3, 0.4) is 0 Å². The molecule has 0 bridgehead atoms. The third kappa shape index (κ3) is 4.15. The van der Waals surface area contributed by atoms with E-state index >= 15 is 0 Å². The van der Waals surface area contributed by atoms with Crippen molar-refractivity contribution in [3.63, 3.8) is 0 Å². The number of aromatic nitrogens is 1. The fraction of sp³-hybridized carbons (Fsp3) is 0.160. The molecule has 1 amide bonds. The van der Waals surface area contributed by atoms with E-state index in [-0.39, 0.29) is 17.9 Å². The van der Waals surface area contributed by atoms with Crippen molar-refractivity contribution in [3.8, 4) is 11.5 Å². The molecular weight excluding hydrogens is 444 g/mol. The maximum Gasteiger partial charge on any atom is 0.296 e. The summed E-state index contributed by atoms with van der Waals surface area (Å²) in [6, 6.07) is 16.2. The summed E-state index contributed by atoms with van der Waals surface area (Å²) in [5.74, 6) is -0.951. The van der Waals surface area contributed by atoms with E-state index in [1.54, 1.807) is 42.6 Å².